The number of para-hydroxylation sites is 1. The molecule has 0 fully saturated rings. The monoisotopic (exact) mass is 300 g/mol. The van der Waals surface area contributed by atoms with E-state index in [1.807, 2.05) is 43.3 Å². The molecule has 0 radical (unpaired) electrons. The average Bonchev–Trinajstić information content (AvgIpc) is 2.51. The van der Waals surface area contributed by atoms with Gasteiger partial charge in [-0.25, -0.2) is 4.79 Å². The number of rotatable bonds is 6. The number of unbranched alkanes of at least 4 members (excludes halogenated alkanes) is 2. The number of urea groups is 1. The molecule has 2 N–H and O–H groups in total. The number of hydrogen-bond acceptors (Lipinski definition) is 1. The highest BCUT2D eigenvalue weighted by molar-refractivity contribution is 6.00. The van der Waals surface area contributed by atoms with Gasteiger partial charge in [0.25, 0.3) is 0 Å². The molecule has 2 aromatic rings. The Balaban J connectivity index is 0.00000264. The van der Waals surface area contributed by atoms with Crippen LogP contribution in [0.3, 0.4) is 0 Å². The van der Waals surface area contributed by atoms with Crippen molar-refractivity contribution in [2.75, 3.05) is 10.6 Å². The van der Waals surface area contributed by atoms with E-state index >= 15 is 0 Å². The van der Waals surface area contributed by atoms with Crippen LogP contribution in [0.2, 0.25) is 0 Å². The largest absolute Gasteiger partial charge is 0.323 e. The Labute approximate surface area is 135 Å². The lowest BCUT2D eigenvalue weighted by Crippen LogP contribution is -2.19. The van der Waals surface area contributed by atoms with Crippen molar-refractivity contribution in [1.82, 2.24) is 0 Å². The molecule has 0 atom stereocenters. The fourth-order valence-electron chi connectivity index (χ4n) is 2.33. The number of carbonyl (C=O) groups excluding carboxylic acids is 1. The van der Waals surface area contributed by atoms with Crippen molar-refractivity contribution in [3.8, 4) is 0 Å². The second-order valence-electron chi connectivity index (χ2n) is 5.55. The molecule has 0 spiro atoms. The zero-order valence-corrected chi connectivity index (χ0v) is 13.4. The molecular weight excluding hydrogens is 272 g/mol. The SMILES string of the molecule is CCCCCc1ccc(NC(=O)Nc2ccccc2C)cc1.[HH].[HH]. The van der Waals surface area contributed by atoms with Gasteiger partial charge in [0.15, 0.2) is 0 Å². The van der Waals surface area contributed by atoms with Gasteiger partial charge in [0.2, 0.25) is 0 Å². The molecule has 2 rings (SSSR count). The van der Waals surface area contributed by atoms with Crippen LogP contribution in [0, 0.1) is 6.92 Å². The lowest BCUT2D eigenvalue weighted by molar-refractivity contribution is 0.262. The number of anilines is 2. The topological polar surface area (TPSA) is 41.1 Å². The molecule has 120 valence electrons. The number of aryl methyl sites for hydroxylation is 2. The fourth-order valence-corrected chi connectivity index (χ4v) is 2.33. The zero-order valence-electron chi connectivity index (χ0n) is 13.4. The molecule has 0 bridgehead atoms. The van der Waals surface area contributed by atoms with Gasteiger partial charge in [-0.05, 0) is 49.1 Å². The zero-order chi connectivity index (χ0) is 15.8. The van der Waals surface area contributed by atoms with E-state index < -0.39 is 0 Å². The third kappa shape index (κ3) is 4.92. The van der Waals surface area contributed by atoms with Crippen LogP contribution in [0.15, 0.2) is 48.5 Å². The Kier molecular flexibility index (Phi) is 6.01. The molecule has 0 aliphatic carbocycles. The van der Waals surface area contributed by atoms with Crippen LogP contribution in [0.5, 0.6) is 0 Å². The van der Waals surface area contributed by atoms with E-state index in [0.717, 1.165) is 23.4 Å². The second-order valence-corrected chi connectivity index (χ2v) is 5.55. The van der Waals surface area contributed by atoms with Crippen molar-refractivity contribution < 1.29 is 7.65 Å². The molecule has 0 aliphatic rings. The van der Waals surface area contributed by atoms with E-state index in [4.69, 9.17) is 0 Å². The van der Waals surface area contributed by atoms with Gasteiger partial charge in [0, 0.05) is 14.2 Å². The minimum Gasteiger partial charge on any atom is -0.308 e. The Bertz CT molecular complexity index is 615. The van der Waals surface area contributed by atoms with Gasteiger partial charge < -0.3 is 10.6 Å². The van der Waals surface area contributed by atoms with E-state index in [2.05, 4.69) is 29.7 Å². The van der Waals surface area contributed by atoms with Crippen LogP contribution < -0.4 is 10.6 Å². The maximum absolute atomic E-state index is 12.0. The van der Waals surface area contributed by atoms with Crippen LogP contribution in [0.1, 0.15) is 40.2 Å². The van der Waals surface area contributed by atoms with E-state index in [-0.39, 0.29) is 8.88 Å². The highest BCUT2D eigenvalue weighted by Crippen LogP contribution is 2.15. The maximum atomic E-state index is 12.0. The smallest absolute Gasteiger partial charge is 0.308 e. The van der Waals surface area contributed by atoms with Gasteiger partial charge in [0.1, 0.15) is 0 Å². The van der Waals surface area contributed by atoms with Crippen molar-refractivity contribution in [3.05, 3.63) is 59.7 Å². The first-order chi connectivity index (χ1) is 10.7. The molecule has 0 unspecified atom stereocenters. The van der Waals surface area contributed by atoms with Gasteiger partial charge >= 0.3 is 6.03 Å². The minimum absolute atomic E-state index is 0. The van der Waals surface area contributed by atoms with E-state index in [1.165, 1.54) is 24.8 Å². The van der Waals surface area contributed by atoms with Gasteiger partial charge in [-0.15, -0.1) is 0 Å². The molecule has 3 heteroatoms. The average molecular weight is 300 g/mol. The number of nitrogens with one attached hydrogen (secondary N) is 2. The van der Waals surface area contributed by atoms with Crippen LogP contribution in [0.4, 0.5) is 16.2 Å². The Morgan fingerprint density at radius 2 is 1.73 bits per heavy atom. The third-order valence-electron chi connectivity index (χ3n) is 3.67. The highest BCUT2D eigenvalue weighted by atomic mass is 16.2. The summed E-state index contributed by atoms with van der Waals surface area (Å²) in [5.74, 6) is 0. The predicted molar refractivity (Wildman–Crippen MR) is 97.7 cm³/mol. The molecular formula is C19H28N2O. The summed E-state index contributed by atoms with van der Waals surface area (Å²) in [5.41, 5.74) is 4.00. The summed E-state index contributed by atoms with van der Waals surface area (Å²) in [6.45, 7) is 4.18. The molecule has 0 saturated heterocycles. The number of amides is 2. The molecule has 2 aromatic carbocycles. The van der Waals surface area contributed by atoms with Crippen LogP contribution in [-0.4, -0.2) is 6.03 Å². The standard InChI is InChI=1S/C19H24N2O.2H2/c1-3-4-5-9-16-11-13-17(14-12-16)20-19(22)21-18-10-7-6-8-15(18)2;;/h6-8,10-14H,3-5,9H2,1-2H3,(H2,20,21,22);2*1H. The molecule has 2 amide bonds. The maximum Gasteiger partial charge on any atom is 0.323 e. The number of carbonyl (C=O) groups is 1. The van der Waals surface area contributed by atoms with Gasteiger partial charge in [-0.2, -0.15) is 0 Å². The first-order valence-corrected chi connectivity index (χ1v) is 7.91. The quantitative estimate of drug-likeness (QED) is 0.644. The highest BCUT2D eigenvalue weighted by Gasteiger charge is 2.04. The normalized spacial score (nSPS) is 10.3. The second kappa shape index (κ2) is 8.23. The molecule has 0 heterocycles. The summed E-state index contributed by atoms with van der Waals surface area (Å²) in [4.78, 5) is 12.0. The summed E-state index contributed by atoms with van der Waals surface area (Å²) < 4.78 is 0. The molecule has 0 saturated carbocycles. The van der Waals surface area contributed by atoms with Crippen molar-refractivity contribution in [2.24, 2.45) is 0 Å². The summed E-state index contributed by atoms with van der Waals surface area (Å²) in [5, 5.41) is 5.73. The Morgan fingerprint density at radius 1 is 1.00 bits per heavy atom. The van der Waals surface area contributed by atoms with Crippen molar-refractivity contribution >= 4 is 17.4 Å². The first kappa shape index (κ1) is 16.1. The van der Waals surface area contributed by atoms with E-state index in [1.54, 1.807) is 0 Å². The van der Waals surface area contributed by atoms with Gasteiger partial charge in [-0.1, -0.05) is 50.1 Å². The lowest BCUT2D eigenvalue weighted by atomic mass is 10.1. The third-order valence-corrected chi connectivity index (χ3v) is 3.67. The summed E-state index contributed by atoms with van der Waals surface area (Å²) in [6.07, 6.45) is 4.82. The molecule has 3 nitrogen and oxygen atoms in total. The molecule has 0 aliphatic heterocycles. The number of hydrogen-bond donors (Lipinski definition) is 2. The summed E-state index contributed by atoms with van der Waals surface area (Å²) in [7, 11) is 0. The van der Waals surface area contributed by atoms with Crippen molar-refractivity contribution in [1.29, 1.82) is 0 Å². The minimum atomic E-state index is -0.215. The summed E-state index contributed by atoms with van der Waals surface area (Å²) >= 11 is 0. The first-order valence-electron chi connectivity index (χ1n) is 7.91. The Morgan fingerprint density at radius 3 is 2.41 bits per heavy atom. The van der Waals surface area contributed by atoms with E-state index in [0.29, 0.717) is 0 Å². The van der Waals surface area contributed by atoms with Crippen molar-refractivity contribution in [2.45, 2.75) is 39.5 Å². The number of benzene rings is 2. The van der Waals surface area contributed by atoms with Crippen LogP contribution in [0.25, 0.3) is 0 Å². The van der Waals surface area contributed by atoms with Crippen LogP contribution in [-0.2, 0) is 6.42 Å². The Hall–Kier alpha value is -2.29. The molecule has 22 heavy (non-hydrogen) atoms. The predicted octanol–water partition coefficient (Wildman–Crippen LogP) is 5.86. The van der Waals surface area contributed by atoms with E-state index in [9.17, 15) is 4.79 Å². The van der Waals surface area contributed by atoms with Crippen LogP contribution >= 0.6 is 0 Å². The lowest BCUT2D eigenvalue weighted by Gasteiger charge is -2.10. The van der Waals surface area contributed by atoms with Gasteiger partial charge in [-0.3, -0.25) is 0 Å². The molecule has 0 aromatic heterocycles. The summed E-state index contributed by atoms with van der Waals surface area (Å²) in [6, 6.07) is 15.6. The fraction of sp³-hybridized carbons (Fsp3) is 0.316. The van der Waals surface area contributed by atoms with Crippen molar-refractivity contribution in [3.63, 3.8) is 0 Å². The van der Waals surface area contributed by atoms with Gasteiger partial charge in [0.05, 0.1) is 0 Å².